The Labute approximate surface area is 106 Å². The highest BCUT2D eigenvalue weighted by Crippen LogP contribution is 2.24. The maximum absolute atomic E-state index is 11.2. The summed E-state index contributed by atoms with van der Waals surface area (Å²) < 4.78 is 10.2. The second-order valence-electron chi connectivity index (χ2n) is 3.20. The van der Waals surface area contributed by atoms with E-state index in [1.807, 2.05) is 6.92 Å². The molecule has 1 aromatic carbocycles. The smallest absolute Gasteiger partial charge is 0.330 e. The topological polar surface area (TPSA) is 35.5 Å². The molecule has 92 valence electrons. The van der Waals surface area contributed by atoms with Crippen LogP contribution in [-0.4, -0.2) is 19.2 Å². The Morgan fingerprint density at radius 1 is 1.35 bits per heavy atom. The van der Waals surface area contributed by atoms with Crippen LogP contribution < -0.4 is 4.74 Å². The van der Waals surface area contributed by atoms with Crippen molar-refractivity contribution in [2.75, 3.05) is 13.2 Å². The van der Waals surface area contributed by atoms with Gasteiger partial charge in [0.15, 0.2) is 0 Å². The lowest BCUT2D eigenvalue weighted by Gasteiger charge is -2.07. The first-order chi connectivity index (χ1) is 8.17. The Balaban J connectivity index is 2.87. The van der Waals surface area contributed by atoms with E-state index in [1.165, 1.54) is 6.08 Å². The van der Waals surface area contributed by atoms with Crippen molar-refractivity contribution in [3.8, 4) is 5.75 Å². The summed E-state index contributed by atoms with van der Waals surface area (Å²) in [5.41, 5.74) is 0.757. The highest BCUT2D eigenvalue weighted by atomic mass is 35.5. The third-order valence-corrected chi connectivity index (χ3v) is 2.19. The summed E-state index contributed by atoms with van der Waals surface area (Å²) in [6.45, 7) is 4.57. The molecular formula is C13H15ClO3. The van der Waals surface area contributed by atoms with Crippen LogP contribution in [0.5, 0.6) is 5.75 Å². The molecule has 4 heteroatoms. The molecule has 0 bridgehead atoms. The van der Waals surface area contributed by atoms with Gasteiger partial charge in [-0.2, -0.15) is 0 Å². The van der Waals surface area contributed by atoms with Crippen molar-refractivity contribution in [2.24, 2.45) is 0 Å². The number of hydrogen-bond donors (Lipinski definition) is 0. The summed E-state index contributed by atoms with van der Waals surface area (Å²) in [6.07, 6.45) is 2.99. The third-order valence-electron chi connectivity index (χ3n) is 1.96. The summed E-state index contributed by atoms with van der Waals surface area (Å²) in [6, 6.07) is 5.26. The molecular weight excluding hydrogens is 240 g/mol. The van der Waals surface area contributed by atoms with Gasteiger partial charge in [0.25, 0.3) is 0 Å². The van der Waals surface area contributed by atoms with E-state index in [1.54, 1.807) is 31.2 Å². The molecule has 1 rings (SSSR count). The summed E-state index contributed by atoms with van der Waals surface area (Å²) in [4.78, 5) is 11.2. The number of ether oxygens (including phenoxy) is 2. The van der Waals surface area contributed by atoms with E-state index in [0.717, 1.165) is 5.56 Å². The largest absolute Gasteiger partial charge is 0.493 e. The van der Waals surface area contributed by atoms with Gasteiger partial charge in [-0.25, -0.2) is 4.79 Å². The van der Waals surface area contributed by atoms with Gasteiger partial charge in [0.2, 0.25) is 0 Å². The predicted molar refractivity (Wildman–Crippen MR) is 68.3 cm³/mol. The molecule has 0 saturated heterocycles. The molecule has 0 N–H and O–H groups in total. The van der Waals surface area contributed by atoms with E-state index in [2.05, 4.69) is 0 Å². The molecule has 0 aliphatic heterocycles. The Bertz CT molecular complexity index is 413. The van der Waals surface area contributed by atoms with Gasteiger partial charge in [0.1, 0.15) is 5.75 Å². The van der Waals surface area contributed by atoms with E-state index in [9.17, 15) is 4.79 Å². The first-order valence-corrected chi connectivity index (χ1v) is 5.82. The van der Waals surface area contributed by atoms with Crippen molar-refractivity contribution in [2.45, 2.75) is 13.8 Å². The van der Waals surface area contributed by atoms with Gasteiger partial charge in [-0.15, -0.1) is 0 Å². The molecule has 0 saturated carbocycles. The van der Waals surface area contributed by atoms with Crippen LogP contribution in [0.2, 0.25) is 5.02 Å². The number of hydrogen-bond acceptors (Lipinski definition) is 3. The molecule has 0 atom stereocenters. The van der Waals surface area contributed by atoms with Crippen LogP contribution in [0.1, 0.15) is 19.4 Å². The molecule has 0 aliphatic rings. The lowest BCUT2D eigenvalue weighted by molar-refractivity contribution is -0.137. The number of carbonyl (C=O) groups is 1. The zero-order valence-corrected chi connectivity index (χ0v) is 10.7. The summed E-state index contributed by atoms with van der Waals surface area (Å²) in [7, 11) is 0. The maximum Gasteiger partial charge on any atom is 0.330 e. The number of benzene rings is 1. The van der Waals surface area contributed by atoms with Crippen molar-refractivity contribution in [3.63, 3.8) is 0 Å². The van der Waals surface area contributed by atoms with Crippen molar-refractivity contribution in [3.05, 3.63) is 34.9 Å². The van der Waals surface area contributed by atoms with Crippen molar-refractivity contribution >= 4 is 23.6 Å². The zero-order chi connectivity index (χ0) is 12.7. The molecule has 0 aliphatic carbocycles. The first-order valence-electron chi connectivity index (χ1n) is 5.44. The highest BCUT2D eigenvalue weighted by Gasteiger charge is 2.02. The molecule has 0 unspecified atom stereocenters. The molecule has 0 spiro atoms. The first kappa shape index (κ1) is 13.6. The lowest BCUT2D eigenvalue weighted by atomic mass is 10.2. The van der Waals surface area contributed by atoms with Gasteiger partial charge < -0.3 is 9.47 Å². The van der Waals surface area contributed by atoms with E-state index in [4.69, 9.17) is 21.1 Å². The van der Waals surface area contributed by atoms with E-state index < -0.39 is 0 Å². The molecule has 0 heterocycles. The van der Waals surface area contributed by atoms with E-state index >= 15 is 0 Å². The van der Waals surface area contributed by atoms with Crippen LogP contribution in [0.15, 0.2) is 24.3 Å². The van der Waals surface area contributed by atoms with Crippen molar-refractivity contribution < 1.29 is 14.3 Å². The Morgan fingerprint density at radius 2 is 2.12 bits per heavy atom. The predicted octanol–water partition coefficient (Wildman–Crippen LogP) is 3.32. The van der Waals surface area contributed by atoms with Crippen LogP contribution in [0.25, 0.3) is 6.08 Å². The number of rotatable bonds is 5. The quantitative estimate of drug-likeness (QED) is 0.597. The fraction of sp³-hybridized carbons (Fsp3) is 0.308. The van der Waals surface area contributed by atoms with Crippen molar-refractivity contribution in [1.29, 1.82) is 0 Å². The van der Waals surface area contributed by atoms with E-state index in [0.29, 0.717) is 24.0 Å². The Hall–Kier alpha value is -1.48. The standard InChI is InChI=1S/C13H15ClO3/c1-3-16-12-7-6-11(14)9-10(12)5-8-13(15)17-4-2/h5-9H,3-4H2,1-2H3/b8-5+. The molecule has 0 amide bonds. The SMILES string of the molecule is CCOC(=O)/C=C/c1cc(Cl)ccc1OCC. The molecule has 3 nitrogen and oxygen atoms in total. The lowest BCUT2D eigenvalue weighted by Crippen LogP contribution is -1.99. The van der Waals surface area contributed by atoms with Crippen LogP contribution in [0, 0.1) is 0 Å². The van der Waals surface area contributed by atoms with Gasteiger partial charge in [0, 0.05) is 16.7 Å². The number of carbonyl (C=O) groups excluding carboxylic acids is 1. The van der Waals surface area contributed by atoms with Gasteiger partial charge >= 0.3 is 5.97 Å². The van der Waals surface area contributed by atoms with Crippen molar-refractivity contribution in [1.82, 2.24) is 0 Å². The zero-order valence-electron chi connectivity index (χ0n) is 9.90. The Kier molecular flexibility index (Phi) is 5.57. The van der Waals surface area contributed by atoms with Gasteiger partial charge in [-0.05, 0) is 38.1 Å². The summed E-state index contributed by atoms with van der Waals surface area (Å²) >= 11 is 5.89. The second kappa shape index (κ2) is 6.97. The van der Waals surface area contributed by atoms with Gasteiger partial charge in [0.05, 0.1) is 13.2 Å². The molecule has 1 aromatic rings. The monoisotopic (exact) mass is 254 g/mol. The second-order valence-corrected chi connectivity index (χ2v) is 3.64. The summed E-state index contributed by atoms with van der Waals surface area (Å²) in [5, 5.41) is 0.594. The molecule has 17 heavy (non-hydrogen) atoms. The molecule has 0 aromatic heterocycles. The van der Waals surface area contributed by atoms with Gasteiger partial charge in [-0.3, -0.25) is 0 Å². The normalized spacial score (nSPS) is 10.5. The number of halogens is 1. The Morgan fingerprint density at radius 3 is 2.76 bits per heavy atom. The third kappa shape index (κ3) is 4.49. The van der Waals surface area contributed by atoms with Gasteiger partial charge in [-0.1, -0.05) is 11.6 Å². The average molecular weight is 255 g/mol. The minimum Gasteiger partial charge on any atom is -0.493 e. The minimum atomic E-state index is -0.380. The fourth-order valence-electron chi connectivity index (χ4n) is 1.28. The number of esters is 1. The van der Waals surface area contributed by atoms with Crippen LogP contribution in [0.4, 0.5) is 0 Å². The van der Waals surface area contributed by atoms with Crippen LogP contribution in [0.3, 0.4) is 0 Å². The molecule has 0 radical (unpaired) electrons. The fourth-order valence-corrected chi connectivity index (χ4v) is 1.47. The average Bonchev–Trinajstić information content (AvgIpc) is 2.30. The van der Waals surface area contributed by atoms with Crippen LogP contribution >= 0.6 is 11.6 Å². The van der Waals surface area contributed by atoms with E-state index in [-0.39, 0.29) is 5.97 Å². The minimum absolute atomic E-state index is 0.358. The van der Waals surface area contributed by atoms with Crippen LogP contribution in [-0.2, 0) is 9.53 Å². The maximum atomic E-state index is 11.2. The summed E-state index contributed by atoms with van der Waals surface area (Å²) in [5.74, 6) is 0.312. The highest BCUT2D eigenvalue weighted by molar-refractivity contribution is 6.30. The molecule has 0 fully saturated rings.